The average Bonchev–Trinajstić information content (AvgIpc) is 2.86. The normalized spacial score (nSPS) is 12.0. The molecule has 0 aliphatic rings. The lowest BCUT2D eigenvalue weighted by Crippen LogP contribution is -2.53. The first-order valence-electron chi connectivity index (χ1n) is 11.7. The molecule has 3 rings (SSSR count). The van der Waals surface area contributed by atoms with E-state index in [-0.39, 0.29) is 24.2 Å². The summed E-state index contributed by atoms with van der Waals surface area (Å²) in [6, 6.07) is 20.8. The average molecular weight is 591 g/mol. The molecule has 0 unspecified atom stereocenters. The van der Waals surface area contributed by atoms with Gasteiger partial charge in [-0.05, 0) is 46.6 Å². The molecule has 0 fully saturated rings. The summed E-state index contributed by atoms with van der Waals surface area (Å²) in [6.07, 6.45) is 1.17. The van der Waals surface area contributed by atoms with Crippen molar-refractivity contribution >= 4 is 43.5 Å². The molecule has 0 spiro atoms. The summed E-state index contributed by atoms with van der Waals surface area (Å²) in [5.74, 6) is -1.58. The van der Waals surface area contributed by atoms with E-state index in [1.54, 1.807) is 37.3 Å². The molecule has 0 heterocycles. The van der Waals surface area contributed by atoms with Crippen molar-refractivity contribution in [2.24, 2.45) is 0 Å². The van der Waals surface area contributed by atoms with E-state index < -0.39 is 40.2 Å². The van der Waals surface area contributed by atoms with Gasteiger partial charge in [-0.25, -0.2) is 12.8 Å². The molecule has 10 heteroatoms. The molecule has 0 radical (unpaired) electrons. The van der Waals surface area contributed by atoms with Gasteiger partial charge in [-0.15, -0.1) is 0 Å². The number of rotatable bonds is 11. The third kappa shape index (κ3) is 7.62. The Kier molecular flexibility index (Phi) is 9.82. The van der Waals surface area contributed by atoms with Crippen LogP contribution in [0, 0.1) is 5.82 Å². The molecular weight excluding hydrogens is 561 g/mol. The molecule has 2 amide bonds. The van der Waals surface area contributed by atoms with Crippen LogP contribution in [-0.2, 0) is 32.6 Å². The molecule has 7 nitrogen and oxygen atoms in total. The molecule has 0 bridgehead atoms. The van der Waals surface area contributed by atoms with Gasteiger partial charge in [0.15, 0.2) is 0 Å². The van der Waals surface area contributed by atoms with Crippen LogP contribution in [0.5, 0.6) is 0 Å². The van der Waals surface area contributed by atoms with E-state index in [9.17, 15) is 22.4 Å². The first-order valence-corrected chi connectivity index (χ1v) is 14.3. The Morgan fingerprint density at radius 3 is 2.22 bits per heavy atom. The summed E-state index contributed by atoms with van der Waals surface area (Å²) in [4.78, 5) is 28.3. The fraction of sp³-hybridized carbons (Fsp3) is 0.259. The van der Waals surface area contributed by atoms with Crippen LogP contribution in [-0.4, -0.2) is 50.5 Å². The number of hydrogen-bond donors (Lipinski definition) is 1. The highest BCUT2D eigenvalue weighted by Crippen LogP contribution is 2.28. The molecule has 37 heavy (non-hydrogen) atoms. The van der Waals surface area contributed by atoms with Gasteiger partial charge in [0.25, 0.3) is 0 Å². The van der Waals surface area contributed by atoms with Crippen molar-refractivity contribution < 1.29 is 22.4 Å². The maximum atomic E-state index is 14.7. The van der Waals surface area contributed by atoms with Crippen LogP contribution in [0.4, 0.5) is 10.1 Å². The molecule has 3 aromatic carbocycles. The molecule has 0 saturated carbocycles. The van der Waals surface area contributed by atoms with Crippen molar-refractivity contribution in [3.05, 3.63) is 100 Å². The predicted molar refractivity (Wildman–Crippen MR) is 146 cm³/mol. The zero-order valence-electron chi connectivity index (χ0n) is 20.6. The van der Waals surface area contributed by atoms with Gasteiger partial charge in [0.05, 0.1) is 11.9 Å². The lowest BCUT2D eigenvalue weighted by atomic mass is 10.0. The fourth-order valence-electron chi connectivity index (χ4n) is 3.90. The number of para-hydroxylation sites is 1. The monoisotopic (exact) mass is 589 g/mol. The Balaban J connectivity index is 2.06. The van der Waals surface area contributed by atoms with Crippen LogP contribution in [0.3, 0.4) is 0 Å². The molecular formula is C27H29BrFN3O4S. The highest BCUT2D eigenvalue weighted by Gasteiger charge is 2.33. The lowest BCUT2D eigenvalue weighted by Gasteiger charge is -2.33. The molecule has 196 valence electrons. The third-order valence-corrected chi connectivity index (χ3v) is 7.52. The molecule has 0 aliphatic carbocycles. The van der Waals surface area contributed by atoms with Gasteiger partial charge in [0.2, 0.25) is 21.8 Å². The Hall–Kier alpha value is -3.24. The van der Waals surface area contributed by atoms with Gasteiger partial charge >= 0.3 is 0 Å². The number of carbonyl (C=O) groups is 2. The largest absolute Gasteiger partial charge is 0.355 e. The van der Waals surface area contributed by atoms with E-state index in [1.807, 2.05) is 30.3 Å². The Labute approximate surface area is 225 Å². The van der Waals surface area contributed by atoms with Gasteiger partial charge in [0.1, 0.15) is 18.4 Å². The van der Waals surface area contributed by atoms with Crippen LogP contribution < -0.4 is 9.62 Å². The van der Waals surface area contributed by atoms with Crippen LogP contribution in [0.15, 0.2) is 83.3 Å². The van der Waals surface area contributed by atoms with Crippen LogP contribution in [0.25, 0.3) is 0 Å². The summed E-state index contributed by atoms with van der Waals surface area (Å²) < 4.78 is 41.6. The van der Waals surface area contributed by atoms with E-state index >= 15 is 0 Å². The Bertz CT molecular complexity index is 1340. The number of halogens is 2. The Morgan fingerprint density at radius 1 is 0.973 bits per heavy atom. The van der Waals surface area contributed by atoms with E-state index in [4.69, 9.17) is 0 Å². The second kappa shape index (κ2) is 12.8. The van der Waals surface area contributed by atoms with E-state index in [0.29, 0.717) is 11.0 Å². The number of hydrogen-bond acceptors (Lipinski definition) is 4. The SMILES string of the molecule is CCNC(=O)[C@@H](Cc1ccccc1)N(Cc1ccccc1F)C(=O)CN(c1ccccc1Br)S(C)(=O)=O. The van der Waals surface area contributed by atoms with E-state index in [1.165, 1.54) is 23.1 Å². The van der Waals surface area contributed by atoms with Gasteiger partial charge in [-0.1, -0.05) is 60.7 Å². The molecule has 0 aromatic heterocycles. The molecule has 1 N–H and O–H groups in total. The minimum atomic E-state index is -3.88. The second-order valence-corrected chi connectivity index (χ2v) is 11.2. The van der Waals surface area contributed by atoms with Crippen molar-refractivity contribution in [1.82, 2.24) is 10.2 Å². The van der Waals surface area contributed by atoms with Crippen molar-refractivity contribution in [3.8, 4) is 0 Å². The number of benzene rings is 3. The van der Waals surface area contributed by atoms with Crippen LogP contribution >= 0.6 is 15.9 Å². The number of amides is 2. The maximum Gasteiger partial charge on any atom is 0.244 e. The maximum absolute atomic E-state index is 14.7. The molecule has 1 atom stereocenters. The number of sulfonamides is 1. The van der Waals surface area contributed by atoms with Crippen LogP contribution in [0.1, 0.15) is 18.1 Å². The zero-order valence-corrected chi connectivity index (χ0v) is 23.0. The van der Waals surface area contributed by atoms with Gasteiger partial charge < -0.3 is 10.2 Å². The number of nitrogens with zero attached hydrogens (tertiary/aromatic N) is 2. The number of carbonyl (C=O) groups excluding carboxylic acids is 2. The van der Waals surface area contributed by atoms with Crippen molar-refractivity contribution in [3.63, 3.8) is 0 Å². The minimum Gasteiger partial charge on any atom is -0.355 e. The molecule has 0 saturated heterocycles. The summed E-state index contributed by atoms with van der Waals surface area (Å²) in [5.41, 5.74) is 1.29. The number of nitrogens with one attached hydrogen (secondary N) is 1. The zero-order chi connectivity index (χ0) is 27.0. The van der Waals surface area contributed by atoms with Crippen molar-refractivity contribution in [2.75, 3.05) is 23.7 Å². The topological polar surface area (TPSA) is 86.8 Å². The lowest BCUT2D eigenvalue weighted by molar-refractivity contribution is -0.140. The van der Waals surface area contributed by atoms with Gasteiger partial charge in [-0.2, -0.15) is 0 Å². The minimum absolute atomic E-state index is 0.167. The first-order chi connectivity index (χ1) is 17.6. The molecule has 3 aromatic rings. The number of likely N-dealkylation sites (N-methyl/N-ethyl adjacent to an activating group) is 1. The highest BCUT2D eigenvalue weighted by atomic mass is 79.9. The summed E-state index contributed by atoms with van der Waals surface area (Å²) >= 11 is 3.35. The number of anilines is 1. The fourth-order valence-corrected chi connectivity index (χ4v) is 5.38. The first kappa shape index (κ1) is 28.3. The Morgan fingerprint density at radius 2 is 1.59 bits per heavy atom. The molecule has 0 aliphatic heterocycles. The predicted octanol–water partition coefficient (Wildman–Crippen LogP) is 4.13. The summed E-state index contributed by atoms with van der Waals surface area (Å²) in [7, 11) is -3.88. The highest BCUT2D eigenvalue weighted by molar-refractivity contribution is 9.10. The van der Waals surface area contributed by atoms with Gasteiger partial charge in [-0.3, -0.25) is 13.9 Å². The van der Waals surface area contributed by atoms with Crippen molar-refractivity contribution in [1.29, 1.82) is 0 Å². The second-order valence-electron chi connectivity index (χ2n) is 8.43. The quantitative estimate of drug-likeness (QED) is 0.364. The standard InChI is InChI=1S/C27H29BrFN3O4S/c1-3-30-27(34)25(17-20-11-5-4-6-12-20)31(18-21-13-7-9-15-23(21)29)26(33)19-32(37(2,35)36)24-16-10-8-14-22(24)28/h4-16,25H,3,17-19H2,1-2H3,(H,30,34)/t25-/m1/s1. The van der Waals surface area contributed by atoms with E-state index in [2.05, 4.69) is 21.2 Å². The smallest absolute Gasteiger partial charge is 0.244 e. The summed E-state index contributed by atoms with van der Waals surface area (Å²) in [6.45, 7) is 1.31. The third-order valence-electron chi connectivity index (χ3n) is 5.72. The van der Waals surface area contributed by atoms with Crippen molar-refractivity contribution in [2.45, 2.75) is 25.9 Å². The van der Waals surface area contributed by atoms with E-state index in [0.717, 1.165) is 16.1 Å². The van der Waals surface area contributed by atoms with Crippen LogP contribution in [0.2, 0.25) is 0 Å². The summed E-state index contributed by atoms with van der Waals surface area (Å²) in [5, 5.41) is 2.76. The van der Waals surface area contributed by atoms with Gasteiger partial charge in [0, 0.05) is 29.5 Å².